The first-order valence-corrected chi connectivity index (χ1v) is 9.19. The van der Waals surface area contributed by atoms with E-state index in [9.17, 15) is 4.39 Å². The molecule has 0 spiro atoms. The number of rotatable bonds is 5. The van der Waals surface area contributed by atoms with Crippen LogP contribution in [0.3, 0.4) is 0 Å². The van der Waals surface area contributed by atoms with Gasteiger partial charge in [0.2, 0.25) is 11.8 Å². The molecule has 0 aliphatic heterocycles. The van der Waals surface area contributed by atoms with Gasteiger partial charge in [0.05, 0.1) is 7.11 Å². The van der Waals surface area contributed by atoms with Gasteiger partial charge in [0.15, 0.2) is 5.11 Å². The lowest BCUT2D eigenvalue weighted by Gasteiger charge is -2.30. The molecule has 2 aromatic rings. The molecule has 26 heavy (non-hydrogen) atoms. The number of hydrogen-bond acceptors (Lipinski definition) is 4. The van der Waals surface area contributed by atoms with E-state index in [0.717, 1.165) is 31.2 Å². The number of benzene rings is 1. The monoisotopic (exact) mass is 394 g/mol. The molecule has 138 valence electrons. The van der Waals surface area contributed by atoms with Gasteiger partial charge in [-0.3, -0.25) is 0 Å². The Morgan fingerprint density at radius 1 is 1.27 bits per heavy atom. The van der Waals surface area contributed by atoms with Crippen molar-refractivity contribution in [2.45, 2.75) is 31.1 Å². The van der Waals surface area contributed by atoms with Crippen LogP contribution in [0, 0.1) is 5.82 Å². The molecule has 0 saturated heterocycles. The topological polar surface area (TPSA) is 59.1 Å². The van der Waals surface area contributed by atoms with Crippen molar-refractivity contribution in [1.82, 2.24) is 15.3 Å². The Balaban J connectivity index is 1.67. The minimum absolute atomic E-state index is 0.0493. The molecule has 1 aromatic heterocycles. The molecule has 0 bridgehead atoms. The number of nitrogens with zero attached hydrogens (tertiary/aromatic N) is 2. The highest BCUT2D eigenvalue weighted by atomic mass is 35.5. The van der Waals surface area contributed by atoms with E-state index in [1.807, 2.05) is 12.1 Å². The maximum Gasteiger partial charge on any atom is 0.233 e. The first-order chi connectivity index (χ1) is 12.5. The zero-order chi connectivity index (χ0) is 18.6. The van der Waals surface area contributed by atoms with Gasteiger partial charge >= 0.3 is 0 Å². The Hall–Kier alpha value is -1.99. The van der Waals surface area contributed by atoms with Gasteiger partial charge in [-0.25, -0.2) is 9.37 Å². The SMILES string of the molecule is COc1cc(Cl)nc(NC(=S)NCC2(c3ccc(F)cc3)CCCC2)n1. The average Bonchev–Trinajstić information content (AvgIpc) is 3.10. The van der Waals surface area contributed by atoms with E-state index >= 15 is 0 Å². The summed E-state index contributed by atoms with van der Waals surface area (Å²) in [5, 5.41) is 6.85. The molecule has 3 rings (SSSR count). The van der Waals surface area contributed by atoms with Gasteiger partial charge < -0.3 is 15.4 Å². The second-order valence-electron chi connectivity index (χ2n) is 6.36. The standard InChI is InChI=1S/C18H20ClFN4OS/c1-25-15-10-14(19)22-16(23-15)24-17(26)21-11-18(8-2-3-9-18)12-4-6-13(20)7-5-12/h4-7,10H,2-3,8-9,11H2,1H3,(H2,21,22,23,24,26). The van der Waals surface area contributed by atoms with Crippen LogP contribution < -0.4 is 15.4 Å². The Bertz CT molecular complexity index is 781. The van der Waals surface area contributed by atoms with Gasteiger partial charge in [-0.15, -0.1) is 0 Å². The fraction of sp³-hybridized carbons (Fsp3) is 0.389. The van der Waals surface area contributed by atoms with E-state index < -0.39 is 0 Å². The molecule has 0 amide bonds. The molecule has 1 fully saturated rings. The van der Waals surface area contributed by atoms with Crippen molar-refractivity contribution in [2.75, 3.05) is 19.0 Å². The number of anilines is 1. The summed E-state index contributed by atoms with van der Waals surface area (Å²) in [5.74, 6) is 0.405. The fourth-order valence-corrected chi connectivity index (χ4v) is 3.71. The molecule has 1 aliphatic rings. The third-order valence-electron chi connectivity index (χ3n) is 4.71. The summed E-state index contributed by atoms with van der Waals surface area (Å²) >= 11 is 11.3. The molecule has 1 saturated carbocycles. The van der Waals surface area contributed by atoms with Crippen LogP contribution in [0.5, 0.6) is 5.88 Å². The quantitative estimate of drug-likeness (QED) is 0.588. The summed E-state index contributed by atoms with van der Waals surface area (Å²) in [5.41, 5.74) is 1.08. The van der Waals surface area contributed by atoms with Crippen molar-refractivity contribution < 1.29 is 9.13 Å². The van der Waals surface area contributed by atoms with E-state index in [2.05, 4.69) is 20.6 Å². The van der Waals surface area contributed by atoms with Crippen LogP contribution in [0.2, 0.25) is 5.15 Å². The van der Waals surface area contributed by atoms with Gasteiger partial charge in [-0.2, -0.15) is 4.98 Å². The van der Waals surface area contributed by atoms with Gasteiger partial charge in [-0.1, -0.05) is 36.6 Å². The molecule has 0 radical (unpaired) electrons. The predicted molar refractivity (Wildman–Crippen MR) is 104 cm³/mol. The smallest absolute Gasteiger partial charge is 0.233 e. The molecular formula is C18H20ClFN4OS. The maximum atomic E-state index is 13.3. The minimum atomic E-state index is -0.223. The van der Waals surface area contributed by atoms with Crippen molar-refractivity contribution >= 4 is 34.9 Å². The van der Waals surface area contributed by atoms with Gasteiger partial charge in [-0.05, 0) is 42.8 Å². The third kappa shape index (κ3) is 4.40. The Kier molecular flexibility index (Phi) is 5.88. The number of hydrogen-bond donors (Lipinski definition) is 2. The highest BCUT2D eigenvalue weighted by Crippen LogP contribution is 2.40. The Labute approximate surface area is 162 Å². The fourth-order valence-electron chi connectivity index (χ4n) is 3.38. The van der Waals surface area contributed by atoms with Gasteiger partial charge in [0.1, 0.15) is 11.0 Å². The molecule has 1 heterocycles. The largest absolute Gasteiger partial charge is 0.481 e. The Morgan fingerprint density at radius 3 is 2.62 bits per heavy atom. The lowest BCUT2D eigenvalue weighted by molar-refractivity contribution is 0.397. The van der Waals surface area contributed by atoms with Crippen molar-refractivity contribution in [3.8, 4) is 5.88 Å². The van der Waals surface area contributed by atoms with E-state index in [4.69, 9.17) is 28.6 Å². The number of thiocarbonyl (C=S) groups is 1. The number of methoxy groups -OCH3 is 1. The second-order valence-corrected chi connectivity index (χ2v) is 7.15. The van der Waals surface area contributed by atoms with Crippen LogP contribution >= 0.6 is 23.8 Å². The van der Waals surface area contributed by atoms with Crippen molar-refractivity contribution in [3.05, 3.63) is 46.9 Å². The van der Waals surface area contributed by atoms with Crippen molar-refractivity contribution in [2.24, 2.45) is 0 Å². The van der Waals surface area contributed by atoms with E-state index in [-0.39, 0.29) is 22.3 Å². The third-order valence-corrected chi connectivity index (χ3v) is 5.15. The summed E-state index contributed by atoms with van der Waals surface area (Å²) < 4.78 is 18.3. The summed E-state index contributed by atoms with van der Waals surface area (Å²) in [4.78, 5) is 8.24. The summed E-state index contributed by atoms with van der Waals surface area (Å²) in [6.07, 6.45) is 4.37. The summed E-state index contributed by atoms with van der Waals surface area (Å²) in [6.45, 7) is 0.655. The molecule has 0 atom stereocenters. The molecule has 8 heteroatoms. The first-order valence-electron chi connectivity index (χ1n) is 8.40. The molecule has 0 unspecified atom stereocenters. The number of ether oxygens (including phenoxy) is 1. The number of halogens is 2. The Morgan fingerprint density at radius 2 is 1.96 bits per heavy atom. The van der Waals surface area contributed by atoms with Crippen LogP contribution in [-0.2, 0) is 5.41 Å². The van der Waals surface area contributed by atoms with Crippen molar-refractivity contribution in [3.63, 3.8) is 0 Å². The van der Waals surface area contributed by atoms with Crippen molar-refractivity contribution in [1.29, 1.82) is 0 Å². The number of aromatic nitrogens is 2. The predicted octanol–water partition coefficient (Wildman–Crippen LogP) is 4.08. The molecule has 2 N–H and O–H groups in total. The molecule has 1 aliphatic carbocycles. The molecule has 5 nitrogen and oxygen atoms in total. The minimum Gasteiger partial charge on any atom is -0.481 e. The first kappa shape index (κ1) is 18.8. The van der Waals surface area contributed by atoms with Gasteiger partial charge in [0, 0.05) is 18.0 Å². The van der Waals surface area contributed by atoms with E-state index in [0.29, 0.717) is 17.5 Å². The average molecular weight is 395 g/mol. The maximum absolute atomic E-state index is 13.3. The normalized spacial score (nSPS) is 15.5. The zero-order valence-corrected chi connectivity index (χ0v) is 16.0. The van der Waals surface area contributed by atoms with E-state index in [1.165, 1.54) is 25.3 Å². The molecule has 1 aromatic carbocycles. The summed E-state index contributed by atoms with van der Waals surface area (Å²) in [7, 11) is 1.51. The zero-order valence-electron chi connectivity index (χ0n) is 14.4. The molecular weight excluding hydrogens is 375 g/mol. The highest BCUT2D eigenvalue weighted by molar-refractivity contribution is 7.80. The van der Waals surface area contributed by atoms with Crippen LogP contribution in [0.15, 0.2) is 30.3 Å². The number of nitrogens with one attached hydrogen (secondary N) is 2. The lowest BCUT2D eigenvalue weighted by atomic mass is 9.79. The highest BCUT2D eigenvalue weighted by Gasteiger charge is 2.35. The van der Waals surface area contributed by atoms with Crippen LogP contribution in [-0.4, -0.2) is 28.7 Å². The van der Waals surface area contributed by atoms with Crippen LogP contribution in [0.4, 0.5) is 10.3 Å². The lowest BCUT2D eigenvalue weighted by Crippen LogP contribution is -2.41. The van der Waals surface area contributed by atoms with E-state index in [1.54, 1.807) is 0 Å². The van der Waals surface area contributed by atoms with Crippen LogP contribution in [0.1, 0.15) is 31.2 Å². The second kappa shape index (κ2) is 8.14. The van der Waals surface area contributed by atoms with Gasteiger partial charge in [0.25, 0.3) is 0 Å². The van der Waals surface area contributed by atoms with Crippen LogP contribution in [0.25, 0.3) is 0 Å². The summed E-state index contributed by atoms with van der Waals surface area (Å²) in [6, 6.07) is 8.27.